The minimum absolute atomic E-state index is 0.0597. The fourth-order valence-electron chi connectivity index (χ4n) is 4.87. The van der Waals surface area contributed by atoms with Gasteiger partial charge < -0.3 is 19.9 Å². The number of hydrogen-bond acceptors (Lipinski definition) is 4. The second-order valence-electron chi connectivity index (χ2n) is 9.25. The summed E-state index contributed by atoms with van der Waals surface area (Å²) in [6.07, 6.45) is 0. The summed E-state index contributed by atoms with van der Waals surface area (Å²) in [7, 11) is 4.02. The Balaban J connectivity index is 1.29. The Hall–Kier alpha value is -5.10. The minimum atomic E-state index is -0.363. The summed E-state index contributed by atoms with van der Waals surface area (Å²) in [4.78, 5) is 24.6. The lowest BCUT2D eigenvalue weighted by Gasteiger charge is -2.19. The molecule has 0 fully saturated rings. The van der Waals surface area contributed by atoms with Gasteiger partial charge in [-0.1, -0.05) is 60.7 Å². The molecule has 5 aromatic rings. The van der Waals surface area contributed by atoms with Gasteiger partial charge in [0.2, 0.25) is 0 Å². The summed E-state index contributed by atoms with van der Waals surface area (Å²) in [5.74, 6) is -0.423. The lowest BCUT2D eigenvalue weighted by Crippen LogP contribution is -2.09. The van der Waals surface area contributed by atoms with E-state index in [-0.39, 0.29) is 11.8 Å². The molecule has 1 aliphatic heterocycles. The van der Waals surface area contributed by atoms with Crippen molar-refractivity contribution in [2.24, 2.45) is 4.99 Å². The standard InChI is InChI=1S/C32H26N4O2/c1-35(23-9-5-3-6-10-23)25-17-13-21(14-18-25)29-27-28(32(38)33-29)30(34-31(27)37)22-15-19-26(20-16-22)36(2)24-11-7-4-8-12-24/h3-20,33,38H,1-2H3. The number of nitrogens with one attached hydrogen (secondary N) is 1. The fourth-order valence-corrected chi connectivity index (χ4v) is 4.87. The number of aromatic hydroxyl groups is 1. The van der Waals surface area contributed by atoms with Gasteiger partial charge in [-0.2, -0.15) is 0 Å². The topological polar surface area (TPSA) is 71.9 Å². The number of nitrogens with zero attached hydrogens (tertiary/aromatic N) is 3. The highest BCUT2D eigenvalue weighted by molar-refractivity contribution is 6.30. The summed E-state index contributed by atoms with van der Waals surface area (Å²) in [6.45, 7) is 0. The van der Waals surface area contributed by atoms with Crippen molar-refractivity contribution in [1.29, 1.82) is 0 Å². The van der Waals surface area contributed by atoms with Crippen LogP contribution in [0.2, 0.25) is 0 Å². The molecule has 0 spiro atoms. The summed E-state index contributed by atoms with van der Waals surface area (Å²) >= 11 is 0. The van der Waals surface area contributed by atoms with Gasteiger partial charge in [0.15, 0.2) is 5.88 Å². The van der Waals surface area contributed by atoms with Crippen molar-refractivity contribution in [1.82, 2.24) is 4.98 Å². The Bertz CT molecular complexity index is 1640. The number of aromatic amines is 1. The molecule has 0 radical (unpaired) electrons. The molecule has 0 atom stereocenters. The fraction of sp³-hybridized carbons (Fsp3) is 0.0625. The smallest absolute Gasteiger partial charge is 0.280 e. The lowest BCUT2D eigenvalue weighted by molar-refractivity contribution is 0.101. The molecule has 186 valence electrons. The van der Waals surface area contributed by atoms with E-state index in [1.165, 1.54) is 0 Å². The molecule has 0 bridgehead atoms. The first-order chi connectivity index (χ1) is 18.5. The van der Waals surface area contributed by atoms with Gasteiger partial charge in [0.25, 0.3) is 5.91 Å². The minimum Gasteiger partial charge on any atom is -0.494 e. The van der Waals surface area contributed by atoms with Crippen LogP contribution < -0.4 is 9.80 Å². The molecule has 0 saturated heterocycles. The monoisotopic (exact) mass is 498 g/mol. The first-order valence-electron chi connectivity index (χ1n) is 12.4. The van der Waals surface area contributed by atoms with Crippen molar-refractivity contribution >= 4 is 34.4 Å². The Labute approximate surface area is 221 Å². The van der Waals surface area contributed by atoms with Crippen molar-refractivity contribution in [2.45, 2.75) is 0 Å². The van der Waals surface area contributed by atoms with Crippen LogP contribution in [0.4, 0.5) is 22.7 Å². The van der Waals surface area contributed by atoms with Crippen LogP contribution in [0.15, 0.2) is 114 Å². The predicted octanol–water partition coefficient (Wildman–Crippen LogP) is 6.91. The first-order valence-corrected chi connectivity index (χ1v) is 12.4. The van der Waals surface area contributed by atoms with Gasteiger partial charge in [0.05, 0.1) is 22.5 Å². The highest BCUT2D eigenvalue weighted by atomic mass is 16.3. The van der Waals surface area contributed by atoms with E-state index >= 15 is 0 Å². The van der Waals surface area contributed by atoms with Crippen LogP contribution in [0.5, 0.6) is 5.88 Å². The quantitative estimate of drug-likeness (QED) is 0.267. The third kappa shape index (κ3) is 4.02. The molecule has 6 heteroatoms. The maximum absolute atomic E-state index is 13.0. The maximum Gasteiger partial charge on any atom is 0.280 e. The van der Waals surface area contributed by atoms with E-state index in [0.717, 1.165) is 33.9 Å². The van der Waals surface area contributed by atoms with Gasteiger partial charge in [0.1, 0.15) is 0 Å². The van der Waals surface area contributed by atoms with Gasteiger partial charge in [-0.3, -0.25) is 4.79 Å². The Morgan fingerprint density at radius 2 is 1.05 bits per heavy atom. The van der Waals surface area contributed by atoms with Crippen molar-refractivity contribution in [2.75, 3.05) is 23.9 Å². The van der Waals surface area contributed by atoms with Crippen LogP contribution in [-0.4, -0.2) is 35.8 Å². The molecular weight excluding hydrogens is 472 g/mol. The van der Waals surface area contributed by atoms with Crippen LogP contribution in [0.25, 0.3) is 11.3 Å². The van der Waals surface area contributed by atoms with Crippen LogP contribution >= 0.6 is 0 Å². The highest BCUT2D eigenvalue weighted by Crippen LogP contribution is 2.39. The molecular formula is C32H26N4O2. The van der Waals surface area contributed by atoms with Crippen LogP contribution in [-0.2, 0) is 0 Å². The van der Waals surface area contributed by atoms with Crippen molar-refractivity contribution in [3.63, 3.8) is 0 Å². The maximum atomic E-state index is 13.0. The number of anilines is 4. The van der Waals surface area contributed by atoms with Gasteiger partial charge >= 0.3 is 0 Å². The lowest BCUT2D eigenvalue weighted by atomic mass is 9.99. The van der Waals surface area contributed by atoms with E-state index in [0.29, 0.717) is 22.5 Å². The number of H-pyrrole nitrogens is 1. The Morgan fingerprint density at radius 3 is 1.55 bits per heavy atom. The molecule has 1 aromatic heterocycles. The average Bonchev–Trinajstić information content (AvgIpc) is 3.51. The number of hydrogen-bond donors (Lipinski definition) is 2. The number of carbonyl (C=O) groups excluding carboxylic acids is 1. The summed E-state index contributed by atoms with van der Waals surface area (Å²) < 4.78 is 0. The predicted molar refractivity (Wildman–Crippen MR) is 153 cm³/mol. The largest absolute Gasteiger partial charge is 0.494 e. The summed E-state index contributed by atoms with van der Waals surface area (Å²) in [5, 5.41) is 10.8. The summed E-state index contributed by atoms with van der Waals surface area (Å²) in [5.41, 5.74) is 7.61. The molecule has 38 heavy (non-hydrogen) atoms. The number of amides is 1. The molecule has 0 unspecified atom stereocenters. The third-order valence-corrected chi connectivity index (χ3v) is 7.00. The zero-order valence-corrected chi connectivity index (χ0v) is 21.1. The SMILES string of the molecule is CN(c1ccccc1)c1ccc(C2=NC(=O)c3c(-c4ccc(N(C)c5ccccc5)cc4)[nH]c(O)c32)cc1. The molecule has 1 amide bonds. The van der Waals surface area contributed by atoms with Crippen LogP contribution in [0.1, 0.15) is 21.5 Å². The molecule has 2 heterocycles. The van der Waals surface area contributed by atoms with Crippen LogP contribution in [0.3, 0.4) is 0 Å². The Morgan fingerprint density at radius 1 is 0.605 bits per heavy atom. The van der Waals surface area contributed by atoms with Gasteiger partial charge in [-0.05, 0) is 54.1 Å². The van der Waals surface area contributed by atoms with Crippen molar-refractivity contribution in [3.8, 4) is 17.1 Å². The van der Waals surface area contributed by atoms with Gasteiger partial charge in [0, 0.05) is 42.4 Å². The number of fused-ring (bicyclic) bond motifs is 1. The molecule has 0 aliphatic carbocycles. The molecule has 0 saturated carbocycles. The second-order valence-corrected chi connectivity index (χ2v) is 9.25. The van der Waals surface area contributed by atoms with Crippen molar-refractivity contribution in [3.05, 3.63) is 126 Å². The first kappa shape index (κ1) is 23.3. The van der Waals surface area contributed by atoms with E-state index in [1.54, 1.807) is 0 Å². The summed E-state index contributed by atoms with van der Waals surface area (Å²) in [6, 6.07) is 35.9. The number of para-hydroxylation sites is 2. The van der Waals surface area contributed by atoms with Crippen LogP contribution in [0, 0.1) is 0 Å². The van der Waals surface area contributed by atoms with E-state index in [9.17, 15) is 9.90 Å². The second kappa shape index (κ2) is 9.41. The third-order valence-electron chi connectivity index (χ3n) is 7.00. The zero-order chi connectivity index (χ0) is 26.2. The normalized spacial score (nSPS) is 12.3. The van der Waals surface area contributed by atoms with E-state index in [4.69, 9.17) is 0 Å². The number of rotatable bonds is 6. The van der Waals surface area contributed by atoms with E-state index in [1.807, 2.05) is 123 Å². The zero-order valence-electron chi connectivity index (χ0n) is 21.1. The van der Waals surface area contributed by atoms with Crippen molar-refractivity contribution < 1.29 is 9.90 Å². The highest BCUT2D eigenvalue weighted by Gasteiger charge is 2.33. The number of benzene rings is 4. The van der Waals surface area contributed by atoms with E-state index in [2.05, 4.69) is 19.8 Å². The van der Waals surface area contributed by atoms with E-state index < -0.39 is 0 Å². The number of aromatic nitrogens is 1. The van der Waals surface area contributed by atoms with Gasteiger partial charge in [-0.25, -0.2) is 4.99 Å². The average molecular weight is 499 g/mol. The van der Waals surface area contributed by atoms with Gasteiger partial charge in [-0.15, -0.1) is 0 Å². The molecule has 6 nitrogen and oxygen atoms in total. The number of carbonyl (C=O) groups is 1. The molecule has 6 rings (SSSR count). The molecule has 2 N–H and O–H groups in total. The molecule has 4 aromatic carbocycles. The molecule has 1 aliphatic rings. The Kier molecular flexibility index (Phi) is 5.77. The number of aliphatic imine (C=N–C) groups is 1.